The van der Waals surface area contributed by atoms with E-state index in [9.17, 15) is 9.59 Å². The SMILES string of the molecule is CCOC(=O)[C@@H]1CCC[NH+](CC(=O)Nc2ccccc2Cc2ccccc2)C1. The number of rotatable bonds is 7. The highest BCUT2D eigenvalue weighted by Crippen LogP contribution is 2.19. The first-order valence-electron chi connectivity index (χ1n) is 10.1. The standard InChI is InChI=1S/C23H28N2O3/c1-2-28-23(27)20-12-8-14-25(16-20)17-22(26)24-21-13-7-6-11-19(21)15-18-9-4-3-5-10-18/h3-7,9-11,13,20H,2,8,12,14-17H2,1H3,(H,24,26)/p+1/t20-/m1/s1. The van der Waals surface area contributed by atoms with E-state index in [1.165, 1.54) is 5.56 Å². The van der Waals surface area contributed by atoms with E-state index in [1.807, 2.05) is 49.4 Å². The van der Waals surface area contributed by atoms with Crippen LogP contribution in [0.3, 0.4) is 0 Å². The zero-order valence-electron chi connectivity index (χ0n) is 16.4. The van der Waals surface area contributed by atoms with Crippen molar-refractivity contribution in [2.24, 2.45) is 5.92 Å². The molecule has 0 radical (unpaired) electrons. The summed E-state index contributed by atoms with van der Waals surface area (Å²) in [5, 5.41) is 3.07. The van der Waals surface area contributed by atoms with Crippen molar-refractivity contribution in [1.29, 1.82) is 0 Å². The van der Waals surface area contributed by atoms with Crippen molar-refractivity contribution >= 4 is 17.6 Å². The zero-order valence-corrected chi connectivity index (χ0v) is 16.4. The average Bonchev–Trinajstić information content (AvgIpc) is 2.70. The molecule has 2 aromatic carbocycles. The number of ether oxygens (including phenoxy) is 1. The predicted octanol–water partition coefficient (Wildman–Crippen LogP) is 2.07. The molecule has 0 bridgehead atoms. The van der Waals surface area contributed by atoms with E-state index in [4.69, 9.17) is 4.74 Å². The number of esters is 1. The highest BCUT2D eigenvalue weighted by atomic mass is 16.5. The normalized spacial score (nSPS) is 19.0. The van der Waals surface area contributed by atoms with Gasteiger partial charge >= 0.3 is 5.97 Å². The Labute approximate surface area is 166 Å². The Balaban J connectivity index is 1.58. The first-order chi connectivity index (χ1) is 13.7. The lowest BCUT2D eigenvalue weighted by Gasteiger charge is -2.28. The Morgan fingerprint density at radius 1 is 1.11 bits per heavy atom. The monoisotopic (exact) mass is 381 g/mol. The second-order valence-corrected chi connectivity index (χ2v) is 7.34. The molecule has 5 heteroatoms. The van der Waals surface area contributed by atoms with Crippen LogP contribution in [0.2, 0.25) is 0 Å². The van der Waals surface area contributed by atoms with Crippen molar-refractivity contribution in [3.63, 3.8) is 0 Å². The Morgan fingerprint density at radius 3 is 2.64 bits per heavy atom. The number of benzene rings is 2. The topological polar surface area (TPSA) is 59.8 Å². The van der Waals surface area contributed by atoms with E-state index >= 15 is 0 Å². The summed E-state index contributed by atoms with van der Waals surface area (Å²) in [5.74, 6) is -0.241. The second kappa shape index (κ2) is 10.0. The van der Waals surface area contributed by atoms with Crippen LogP contribution in [-0.4, -0.2) is 38.1 Å². The molecule has 5 nitrogen and oxygen atoms in total. The summed E-state index contributed by atoms with van der Waals surface area (Å²) in [5.41, 5.74) is 3.16. The number of carbonyl (C=O) groups excluding carboxylic acids is 2. The molecule has 1 saturated heterocycles. The average molecular weight is 381 g/mol. The van der Waals surface area contributed by atoms with Gasteiger partial charge in [-0.05, 0) is 43.4 Å². The second-order valence-electron chi connectivity index (χ2n) is 7.34. The van der Waals surface area contributed by atoms with Crippen molar-refractivity contribution in [3.8, 4) is 0 Å². The highest BCUT2D eigenvalue weighted by molar-refractivity contribution is 5.92. The molecule has 1 aliphatic rings. The van der Waals surface area contributed by atoms with Crippen molar-refractivity contribution < 1.29 is 19.2 Å². The molecule has 1 fully saturated rings. The minimum absolute atomic E-state index is 0.0139. The fourth-order valence-corrected chi connectivity index (χ4v) is 3.81. The van der Waals surface area contributed by atoms with E-state index in [-0.39, 0.29) is 17.8 Å². The maximum Gasteiger partial charge on any atom is 0.314 e. The molecule has 1 unspecified atom stereocenters. The summed E-state index contributed by atoms with van der Waals surface area (Å²) in [4.78, 5) is 25.8. The van der Waals surface area contributed by atoms with E-state index in [0.29, 0.717) is 19.7 Å². The largest absolute Gasteiger partial charge is 0.466 e. The molecule has 1 amide bonds. The van der Waals surface area contributed by atoms with Crippen LogP contribution in [0.5, 0.6) is 0 Å². The van der Waals surface area contributed by atoms with Gasteiger partial charge in [0, 0.05) is 5.69 Å². The quantitative estimate of drug-likeness (QED) is 0.722. The maximum atomic E-state index is 12.6. The van der Waals surface area contributed by atoms with Gasteiger partial charge in [0.1, 0.15) is 5.92 Å². The first kappa shape index (κ1) is 20.1. The van der Waals surface area contributed by atoms with Gasteiger partial charge < -0.3 is 15.0 Å². The first-order valence-corrected chi connectivity index (χ1v) is 10.1. The minimum Gasteiger partial charge on any atom is -0.466 e. The Bertz CT molecular complexity index is 791. The predicted molar refractivity (Wildman–Crippen MR) is 109 cm³/mol. The van der Waals surface area contributed by atoms with Crippen LogP contribution in [0, 0.1) is 5.92 Å². The number of amides is 1. The van der Waals surface area contributed by atoms with Crippen molar-refractivity contribution in [1.82, 2.24) is 0 Å². The molecule has 28 heavy (non-hydrogen) atoms. The molecular formula is C23H29N2O3+. The van der Waals surface area contributed by atoms with E-state index in [0.717, 1.165) is 42.0 Å². The summed E-state index contributed by atoms with van der Waals surface area (Å²) < 4.78 is 5.15. The van der Waals surface area contributed by atoms with Crippen molar-refractivity contribution in [3.05, 3.63) is 65.7 Å². The van der Waals surface area contributed by atoms with Crippen LogP contribution in [0.1, 0.15) is 30.9 Å². The van der Waals surface area contributed by atoms with Crippen LogP contribution in [0.4, 0.5) is 5.69 Å². The van der Waals surface area contributed by atoms with Gasteiger partial charge in [-0.2, -0.15) is 0 Å². The number of hydrogen-bond acceptors (Lipinski definition) is 3. The number of piperidine rings is 1. The number of nitrogens with one attached hydrogen (secondary N) is 2. The Kier molecular flexibility index (Phi) is 7.20. The van der Waals surface area contributed by atoms with E-state index < -0.39 is 0 Å². The molecular weight excluding hydrogens is 352 g/mol. The van der Waals surface area contributed by atoms with Gasteiger partial charge in [0.15, 0.2) is 6.54 Å². The lowest BCUT2D eigenvalue weighted by Crippen LogP contribution is -3.14. The van der Waals surface area contributed by atoms with Crippen LogP contribution in [0.15, 0.2) is 54.6 Å². The lowest BCUT2D eigenvalue weighted by atomic mass is 9.98. The number of quaternary nitrogens is 1. The smallest absolute Gasteiger partial charge is 0.314 e. The van der Waals surface area contributed by atoms with Gasteiger partial charge in [0.2, 0.25) is 0 Å². The third-order valence-corrected chi connectivity index (χ3v) is 5.18. The summed E-state index contributed by atoms with van der Waals surface area (Å²) in [6.07, 6.45) is 2.57. The Morgan fingerprint density at radius 2 is 1.86 bits per heavy atom. The number of hydrogen-bond donors (Lipinski definition) is 2. The molecule has 1 heterocycles. The van der Waals surface area contributed by atoms with Crippen LogP contribution in [-0.2, 0) is 20.7 Å². The third-order valence-electron chi connectivity index (χ3n) is 5.18. The van der Waals surface area contributed by atoms with E-state index in [1.54, 1.807) is 0 Å². The molecule has 2 atom stereocenters. The minimum atomic E-state index is -0.131. The summed E-state index contributed by atoms with van der Waals surface area (Å²) >= 11 is 0. The molecule has 0 aliphatic carbocycles. The van der Waals surface area contributed by atoms with Crippen LogP contribution >= 0.6 is 0 Å². The molecule has 2 N–H and O–H groups in total. The number of likely N-dealkylation sites (tertiary alicyclic amines) is 1. The molecule has 1 aliphatic heterocycles. The molecule has 2 aromatic rings. The van der Waals surface area contributed by atoms with Crippen LogP contribution in [0.25, 0.3) is 0 Å². The third kappa shape index (κ3) is 5.67. The summed E-state index contributed by atoms with van der Waals surface area (Å²) in [7, 11) is 0. The molecule has 0 aromatic heterocycles. The fraction of sp³-hybridized carbons (Fsp3) is 0.391. The number of para-hydroxylation sites is 1. The van der Waals surface area contributed by atoms with Crippen molar-refractivity contribution in [2.75, 3.05) is 31.6 Å². The lowest BCUT2D eigenvalue weighted by molar-refractivity contribution is -0.899. The molecule has 148 valence electrons. The van der Waals surface area contributed by atoms with Crippen molar-refractivity contribution in [2.45, 2.75) is 26.2 Å². The van der Waals surface area contributed by atoms with Gasteiger partial charge in [0.25, 0.3) is 5.91 Å². The fourth-order valence-electron chi connectivity index (χ4n) is 3.81. The molecule has 0 spiro atoms. The van der Waals surface area contributed by atoms with Gasteiger partial charge in [-0.15, -0.1) is 0 Å². The van der Waals surface area contributed by atoms with Gasteiger partial charge in [-0.1, -0.05) is 48.5 Å². The highest BCUT2D eigenvalue weighted by Gasteiger charge is 2.30. The van der Waals surface area contributed by atoms with Gasteiger partial charge in [0.05, 0.1) is 19.7 Å². The van der Waals surface area contributed by atoms with Gasteiger partial charge in [-0.25, -0.2) is 0 Å². The maximum absolute atomic E-state index is 12.6. The summed E-state index contributed by atoms with van der Waals surface area (Å²) in [6, 6.07) is 18.2. The zero-order chi connectivity index (χ0) is 19.8. The molecule has 0 saturated carbocycles. The Hall–Kier alpha value is -2.66. The number of anilines is 1. The summed E-state index contributed by atoms with van der Waals surface area (Å²) in [6.45, 7) is 4.18. The number of carbonyl (C=O) groups is 2. The van der Waals surface area contributed by atoms with Crippen LogP contribution < -0.4 is 10.2 Å². The van der Waals surface area contributed by atoms with Gasteiger partial charge in [-0.3, -0.25) is 9.59 Å². The molecule has 3 rings (SSSR count). The van der Waals surface area contributed by atoms with E-state index in [2.05, 4.69) is 17.4 Å².